The molecule has 24 heavy (non-hydrogen) atoms. The molecule has 1 atom stereocenters. The predicted molar refractivity (Wildman–Crippen MR) is 97.8 cm³/mol. The number of rotatable bonds is 7. The van der Waals surface area contributed by atoms with Gasteiger partial charge in [-0.05, 0) is 19.4 Å². The fourth-order valence-corrected chi connectivity index (χ4v) is 4.16. The first kappa shape index (κ1) is 18.8. The van der Waals surface area contributed by atoms with Crippen LogP contribution < -0.4 is 14.8 Å². The Bertz CT molecular complexity index is 724. The zero-order valence-corrected chi connectivity index (χ0v) is 16.1. The van der Waals surface area contributed by atoms with Crippen molar-refractivity contribution in [3.63, 3.8) is 0 Å². The number of hydrogen-bond donors (Lipinski definition) is 1. The summed E-state index contributed by atoms with van der Waals surface area (Å²) in [5, 5.41) is 11.9. The van der Waals surface area contributed by atoms with E-state index in [4.69, 9.17) is 21.1 Å². The van der Waals surface area contributed by atoms with E-state index in [1.165, 1.54) is 37.3 Å². The summed E-state index contributed by atoms with van der Waals surface area (Å²) in [5.41, 5.74) is 0.501. The number of methoxy groups -OCH3 is 2. The van der Waals surface area contributed by atoms with Crippen molar-refractivity contribution >= 4 is 46.3 Å². The Morgan fingerprint density at radius 1 is 1.33 bits per heavy atom. The molecule has 2 aromatic rings. The third-order valence-corrected chi connectivity index (χ3v) is 5.73. The van der Waals surface area contributed by atoms with Crippen LogP contribution in [0.1, 0.15) is 18.4 Å². The molecule has 0 aliphatic rings. The number of benzene rings is 1. The van der Waals surface area contributed by atoms with E-state index >= 15 is 0 Å². The van der Waals surface area contributed by atoms with Gasteiger partial charge in [0.25, 0.3) is 0 Å². The lowest BCUT2D eigenvalue weighted by Crippen LogP contribution is -2.24. The number of aromatic nitrogens is 2. The van der Waals surface area contributed by atoms with Gasteiger partial charge in [0.05, 0.1) is 30.2 Å². The van der Waals surface area contributed by atoms with Crippen LogP contribution in [0.2, 0.25) is 5.02 Å². The van der Waals surface area contributed by atoms with Crippen LogP contribution in [0.5, 0.6) is 11.5 Å². The van der Waals surface area contributed by atoms with Crippen LogP contribution in [-0.2, 0) is 4.79 Å². The van der Waals surface area contributed by atoms with Gasteiger partial charge < -0.3 is 14.8 Å². The zero-order valence-electron chi connectivity index (χ0n) is 13.8. The number of hydrogen-bond acceptors (Lipinski definition) is 7. The first-order valence-corrected chi connectivity index (χ1v) is 9.25. The minimum absolute atomic E-state index is 0.144. The molecule has 0 radical (unpaired) electrons. The molecule has 1 N–H and O–H groups in total. The fourth-order valence-electron chi connectivity index (χ4n) is 1.94. The van der Waals surface area contributed by atoms with Crippen molar-refractivity contribution in [2.75, 3.05) is 19.5 Å². The Morgan fingerprint density at radius 2 is 2.04 bits per heavy atom. The summed E-state index contributed by atoms with van der Waals surface area (Å²) >= 11 is 9.00. The summed E-state index contributed by atoms with van der Waals surface area (Å²) in [6, 6.07) is 3.25. The van der Waals surface area contributed by atoms with Gasteiger partial charge in [0.15, 0.2) is 4.34 Å². The standard InChI is InChI=1S/C15H18ClN3O3S2/c1-5-13(24-15-19-18-8(2)23-15)14(20)17-10-6-9(16)11(21-3)7-12(10)22-4/h6-7,13H,5H2,1-4H3,(H,17,20). The number of aryl methyl sites for hydroxylation is 1. The summed E-state index contributed by atoms with van der Waals surface area (Å²) in [5.74, 6) is 0.823. The number of carbonyl (C=O) groups excluding carboxylic acids is 1. The highest BCUT2D eigenvalue weighted by Crippen LogP contribution is 2.36. The van der Waals surface area contributed by atoms with Gasteiger partial charge in [0.2, 0.25) is 5.91 Å². The molecule has 6 nitrogen and oxygen atoms in total. The van der Waals surface area contributed by atoms with Crippen molar-refractivity contribution in [2.24, 2.45) is 0 Å². The Labute approximate surface area is 153 Å². The molecule has 1 amide bonds. The van der Waals surface area contributed by atoms with Crippen molar-refractivity contribution in [1.29, 1.82) is 0 Å². The lowest BCUT2D eigenvalue weighted by Gasteiger charge is -2.16. The molecular formula is C15H18ClN3O3S2. The Kier molecular flexibility index (Phi) is 6.70. The number of carbonyl (C=O) groups is 1. The highest BCUT2D eigenvalue weighted by Gasteiger charge is 2.22. The fraction of sp³-hybridized carbons (Fsp3) is 0.400. The monoisotopic (exact) mass is 387 g/mol. The van der Waals surface area contributed by atoms with Gasteiger partial charge in [-0.15, -0.1) is 10.2 Å². The summed E-state index contributed by atoms with van der Waals surface area (Å²) in [7, 11) is 3.04. The summed E-state index contributed by atoms with van der Waals surface area (Å²) in [6.45, 7) is 3.83. The second-order valence-electron chi connectivity index (χ2n) is 4.78. The highest BCUT2D eigenvalue weighted by molar-refractivity contribution is 8.02. The van der Waals surface area contributed by atoms with E-state index in [1.807, 2.05) is 13.8 Å². The third-order valence-electron chi connectivity index (χ3n) is 3.15. The average molecular weight is 388 g/mol. The second kappa shape index (κ2) is 8.55. The van der Waals surface area contributed by atoms with Gasteiger partial charge in [-0.25, -0.2) is 0 Å². The average Bonchev–Trinajstić information content (AvgIpc) is 2.97. The van der Waals surface area contributed by atoms with E-state index < -0.39 is 0 Å². The van der Waals surface area contributed by atoms with Gasteiger partial charge in [0, 0.05) is 6.07 Å². The number of ether oxygens (including phenoxy) is 2. The molecule has 0 bridgehead atoms. The molecule has 0 aliphatic heterocycles. The third kappa shape index (κ3) is 4.52. The quantitative estimate of drug-likeness (QED) is 0.723. The number of anilines is 1. The molecule has 1 aromatic heterocycles. The van der Waals surface area contributed by atoms with Crippen molar-refractivity contribution < 1.29 is 14.3 Å². The summed E-state index contributed by atoms with van der Waals surface area (Å²) in [4.78, 5) is 12.6. The normalized spacial score (nSPS) is 11.9. The molecule has 0 aliphatic carbocycles. The second-order valence-corrected chi connectivity index (χ2v) is 7.82. The molecule has 0 saturated carbocycles. The number of nitrogens with zero attached hydrogens (tertiary/aromatic N) is 2. The van der Waals surface area contributed by atoms with Crippen LogP contribution in [0.3, 0.4) is 0 Å². The first-order chi connectivity index (χ1) is 11.5. The maximum absolute atomic E-state index is 12.6. The first-order valence-electron chi connectivity index (χ1n) is 7.17. The van der Waals surface area contributed by atoms with Crippen LogP contribution >= 0.6 is 34.7 Å². The van der Waals surface area contributed by atoms with Gasteiger partial charge in [-0.1, -0.05) is 41.6 Å². The molecule has 1 aromatic carbocycles. The maximum atomic E-state index is 12.6. The molecule has 2 rings (SSSR count). The van der Waals surface area contributed by atoms with Crippen LogP contribution in [-0.4, -0.2) is 35.6 Å². The SMILES string of the molecule is CCC(Sc1nnc(C)s1)C(=O)Nc1cc(Cl)c(OC)cc1OC. The molecule has 0 spiro atoms. The molecule has 1 unspecified atom stereocenters. The number of nitrogens with one attached hydrogen (secondary N) is 1. The molecule has 0 fully saturated rings. The summed E-state index contributed by atoms with van der Waals surface area (Å²) < 4.78 is 11.2. The number of halogens is 1. The minimum atomic E-state index is -0.289. The lowest BCUT2D eigenvalue weighted by molar-refractivity contribution is -0.115. The van der Waals surface area contributed by atoms with Crippen LogP contribution in [0.15, 0.2) is 16.5 Å². The molecular weight excluding hydrogens is 370 g/mol. The smallest absolute Gasteiger partial charge is 0.238 e. The topological polar surface area (TPSA) is 73.3 Å². The van der Waals surface area contributed by atoms with E-state index in [9.17, 15) is 4.79 Å². The molecule has 0 saturated heterocycles. The van der Waals surface area contributed by atoms with E-state index in [0.29, 0.717) is 28.6 Å². The van der Waals surface area contributed by atoms with Gasteiger partial charge in [0.1, 0.15) is 16.5 Å². The molecule has 1 heterocycles. The Morgan fingerprint density at radius 3 is 2.58 bits per heavy atom. The highest BCUT2D eigenvalue weighted by atomic mass is 35.5. The van der Waals surface area contributed by atoms with Gasteiger partial charge in [-0.2, -0.15) is 0 Å². The van der Waals surface area contributed by atoms with Crippen molar-refractivity contribution in [2.45, 2.75) is 29.9 Å². The van der Waals surface area contributed by atoms with E-state index in [0.717, 1.165) is 9.35 Å². The van der Waals surface area contributed by atoms with E-state index in [2.05, 4.69) is 15.5 Å². The Balaban J connectivity index is 2.16. The van der Waals surface area contributed by atoms with E-state index in [1.54, 1.807) is 12.1 Å². The maximum Gasteiger partial charge on any atom is 0.238 e. The predicted octanol–water partition coefficient (Wildman–Crippen LogP) is 4.03. The van der Waals surface area contributed by atoms with Gasteiger partial charge in [-0.3, -0.25) is 4.79 Å². The minimum Gasteiger partial charge on any atom is -0.495 e. The number of amides is 1. The molecule has 9 heteroatoms. The Hall–Kier alpha value is -1.51. The zero-order chi connectivity index (χ0) is 17.7. The van der Waals surface area contributed by atoms with Crippen LogP contribution in [0.4, 0.5) is 5.69 Å². The van der Waals surface area contributed by atoms with E-state index in [-0.39, 0.29) is 11.2 Å². The van der Waals surface area contributed by atoms with Crippen molar-refractivity contribution in [3.05, 3.63) is 22.2 Å². The largest absolute Gasteiger partial charge is 0.495 e. The van der Waals surface area contributed by atoms with Crippen LogP contribution in [0.25, 0.3) is 0 Å². The van der Waals surface area contributed by atoms with Crippen molar-refractivity contribution in [3.8, 4) is 11.5 Å². The van der Waals surface area contributed by atoms with Crippen molar-refractivity contribution in [1.82, 2.24) is 10.2 Å². The van der Waals surface area contributed by atoms with Gasteiger partial charge >= 0.3 is 0 Å². The lowest BCUT2D eigenvalue weighted by atomic mass is 10.2. The number of thioether (sulfide) groups is 1. The van der Waals surface area contributed by atoms with Crippen LogP contribution in [0, 0.1) is 6.92 Å². The molecule has 130 valence electrons. The summed E-state index contributed by atoms with van der Waals surface area (Å²) in [6.07, 6.45) is 0.654.